The summed E-state index contributed by atoms with van der Waals surface area (Å²) in [6.45, 7) is 0. The van der Waals surface area contributed by atoms with Gasteiger partial charge in [0.25, 0.3) is 5.69 Å². The summed E-state index contributed by atoms with van der Waals surface area (Å²) in [5.41, 5.74) is 3.39. The quantitative estimate of drug-likeness (QED) is 0.171. The Bertz CT molecular complexity index is 1470. The van der Waals surface area contributed by atoms with Gasteiger partial charge in [0.05, 0.1) is 34.8 Å². The van der Waals surface area contributed by atoms with E-state index >= 15 is 0 Å². The minimum Gasteiger partial charge on any atom is -0.452 e. The van der Waals surface area contributed by atoms with Crippen LogP contribution in [0.2, 0.25) is 0 Å². The highest BCUT2D eigenvalue weighted by atomic mass is 19.1. The number of non-ortho nitro benzene ring substituents is 1. The third-order valence-corrected chi connectivity index (χ3v) is 5.14. The maximum absolute atomic E-state index is 14.5. The van der Waals surface area contributed by atoms with Gasteiger partial charge in [-0.15, -0.1) is 0 Å². The second kappa shape index (κ2) is 8.95. The van der Waals surface area contributed by atoms with Crippen LogP contribution in [0.1, 0.15) is 11.1 Å². The number of aliphatic imine (C=N–C) groups is 1. The molecule has 34 heavy (non-hydrogen) atoms. The van der Waals surface area contributed by atoms with Crippen molar-refractivity contribution >= 4 is 22.6 Å². The number of halogens is 1. The first-order valence-electron chi connectivity index (χ1n) is 10.4. The van der Waals surface area contributed by atoms with Crippen molar-refractivity contribution in [2.45, 2.75) is 0 Å². The lowest BCUT2D eigenvalue weighted by Gasteiger charge is -2.11. The third-order valence-electron chi connectivity index (χ3n) is 5.14. The van der Waals surface area contributed by atoms with E-state index in [0.717, 1.165) is 22.9 Å². The molecule has 0 aliphatic carbocycles. The number of nitrogens with zero attached hydrogens (tertiary/aromatic N) is 4. The Morgan fingerprint density at radius 1 is 0.912 bits per heavy atom. The summed E-state index contributed by atoms with van der Waals surface area (Å²) < 4.78 is 21.9. The highest BCUT2D eigenvalue weighted by molar-refractivity contribution is 6.13. The van der Waals surface area contributed by atoms with Crippen LogP contribution >= 0.6 is 0 Å². The Morgan fingerprint density at radius 2 is 1.59 bits per heavy atom. The van der Waals surface area contributed by atoms with Gasteiger partial charge in [0.2, 0.25) is 0 Å². The van der Waals surface area contributed by atoms with Gasteiger partial charge in [0.15, 0.2) is 17.3 Å². The zero-order chi connectivity index (χ0) is 23.5. The van der Waals surface area contributed by atoms with Crippen molar-refractivity contribution in [3.63, 3.8) is 0 Å². The van der Waals surface area contributed by atoms with Crippen molar-refractivity contribution in [1.29, 1.82) is 0 Å². The number of hydrogen-bond donors (Lipinski definition) is 0. The molecule has 0 atom stereocenters. The van der Waals surface area contributed by atoms with Crippen LogP contribution < -0.4 is 4.74 Å². The van der Waals surface area contributed by atoms with Gasteiger partial charge >= 0.3 is 0 Å². The van der Waals surface area contributed by atoms with Crippen molar-refractivity contribution < 1.29 is 14.1 Å². The normalized spacial score (nSPS) is 10.7. The Labute approximate surface area is 193 Å². The van der Waals surface area contributed by atoms with E-state index in [0.29, 0.717) is 17.0 Å². The lowest BCUT2D eigenvalue weighted by molar-refractivity contribution is -0.385. The number of nitro benzene ring substituents is 1. The number of benzene rings is 3. The highest BCUT2D eigenvalue weighted by Gasteiger charge is 2.15. The van der Waals surface area contributed by atoms with Gasteiger partial charge < -0.3 is 4.74 Å². The van der Waals surface area contributed by atoms with E-state index in [2.05, 4.69) is 5.10 Å². The molecule has 0 bridgehead atoms. The monoisotopic (exact) mass is 452 g/mol. The number of hydrogen-bond acceptors (Lipinski definition) is 5. The molecule has 5 aromatic rings. The molecule has 5 rings (SSSR count). The number of fused-ring (bicyclic) bond motifs is 1. The molecule has 0 aliphatic rings. The molecule has 0 saturated carbocycles. The van der Waals surface area contributed by atoms with Gasteiger partial charge in [0, 0.05) is 23.3 Å². The maximum Gasteiger partial charge on any atom is 0.272 e. The molecular weight excluding hydrogens is 435 g/mol. The molecule has 0 aliphatic heterocycles. The fraction of sp³-hybridized carbons (Fsp3) is 0. The molecular formula is C26H17FN4O3. The van der Waals surface area contributed by atoms with E-state index < -0.39 is 10.7 Å². The maximum atomic E-state index is 14.5. The number of pyridine rings is 1. The fourth-order valence-electron chi connectivity index (χ4n) is 3.55. The van der Waals surface area contributed by atoms with Gasteiger partial charge in [-0.1, -0.05) is 60.7 Å². The zero-order valence-corrected chi connectivity index (χ0v) is 17.7. The molecule has 0 amide bonds. The molecule has 166 valence electrons. The Hall–Kier alpha value is -4.85. The molecule has 0 radical (unpaired) electrons. The summed E-state index contributed by atoms with van der Waals surface area (Å²) >= 11 is 0. The molecule has 2 aromatic heterocycles. The number of aromatic nitrogens is 2. The van der Waals surface area contributed by atoms with E-state index in [1.807, 2.05) is 60.7 Å². The van der Waals surface area contributed by atoms with Crippen LogP contribution in [0, 0.1) is 15.9 Å². The van der Waals surface area contributed by atoms with Gasteiger partial charge in [-0.05, 0) is 12.1 Å². The van der Waals surface area contributed by atoms with Gasteiger partial charge in [-0.3, -0.25) is 10.1 Å². The van der Waals surface area contributed by atoms with Crippen molar-refractivity contribution in [3.8, 4) is 11.5 Å². The lowest BCUT2D eigenvalue weighted by Crippen LogP contribution is -2.03. The van der Waals surface area contributed by atoms with Gasteiger partial charge in [0.1, 0.15) is 5.52 Å². The molecule has 0 fully saturated rings. The Morgan fingerprint density at radius 3 is 2.21 bits per heavy atom. The SMILES string of the molecule is O=[N+]([O-])c1ccc(Oc2cc(N=C(c3ccccc3)c3ccccc3)cn3nccc23)c(F)c1. The zero-order valence-electron chi connectivity index (χ0n) is 17.7. The van der Waals surface area contributed by atoms with Crippen LogP contribution in [0.5, 0.6) is 11.5 Å². The van der Waals surface area contributed by atoms with Crippen LogP contribution in [-0.2, 0) is 0 Å². The summed E-state index contributed by atoms with van der Waals surface area (Å²) in [6.07, 6.45) is 3.34. The number of rotatable bonds is 6. The first-order valence-corrected chi connectivity index (χ1v) is 10.4. The van der Waals surface area contributed by atoms with Crippen LogP contribution in [0.4, 0.5) is 15.8 Å². The number of nitro groups is 1. The van der Waals surface area contributed by atoms with Crippen LogP contribution in [0.25, 0.3) is 5.52 Å². The number of ether oxygens (including phenoxy) is 1. The molecule has 2 heterocycles. The molecule has 0 N–H and O–H groups in total. The summed E-state index contributed by atoms with van der Waals surface area (Å²) in [5, 5.41) is 15.2. The second-order valence-corrected chi connectivity index (χ2v) is 7.39. The fourth-order valence-corrected chi connectivity index (χ4v) is 3.55. The molecule has 8 heteroatoms. The Balaban J connectivity index is 1.61. The van der Waals surface area contributed by atoms with E-state index in [1.165, 1.54) is 12.1 Å². The average Bonchev–Trinajstić information content (AvgIpc) is 3.34. The molecule has 3 aromatic carbocycles. The van der Waals surface area contributed by atoms with Crippen LogP contribution in [-0.4, -0.2) is 20.2 Å². The predicted molar refractivity (Wildman–Crippen MR) is 127 cm³/mol. The largest absolute Gasteiger partial charge is 0.452 e. The molecule has 0 saturated heterocycles. The van der Waals surface area contributed by atoms with Crippen molar-refractivity contribution in [2.24, 2.45) is 4.99 Å². The van der Waals surface area contributed by atoms with Crippen LogP contribution in [0.3, 0.4) is 0 Å². The average molecular weight is 452 g/mol. The van der Waals surface area contributed by atoms with E-state index in [1.54, 1.807) is 29.0 Å². The lowest BCUT2D eigenvalue weighted by atomic mass is 10.0. The third kappa shape index (κ3) is 4.24. The topological polar surface area (TPSA) is 82.0 Å². The predicted octanol–water partition coefficient (Wildman–Crippen LogP) is 6.34. The second-order valence-electron chi connectivity index (χ2n) is 7.39. The minimum absolute atomic E-state index is 0.138. The molecule has 7 nitrogen and oxygen atoms in total. The first-order chi connectivity index (χ1) is 16.6. The summed E-state index contributed by atoms with van der Waals surface area (Å²) in [4.78, 5) is 15.1. The Kier molecular flexibility index (Phi) is 5.53. The summed E-state index contributed by atoms with van der Waals surface area (Å²) in [5.74, 6) is -0.664. The van der Waals surface area contributed by atoms with E-state index in [4.69, 9.17) is 9.73 Å². The smallest absolute Gasteiger partial charge is 0.272 e. The highest BCUT2D eigenvalue weighted by Crippen LogP contribution is 2.33. The van der Waals surface area contributed by atoms with Gasteiger partial charge in [-0.2, -0.15) is 5.10 Å². The van der Waals surface area contributed by atoms with Gasteiger partial charge in [-0.25, -0.2) is 13.9 Å². The van der Waals surface area contributed by atoms with Crippen LogP contribution in [0.15, 0.2) is 108 Å². The van der Waals surface area contributed by atoms with E-state index in [9.17, 15) is 14.5 Å². The first kappa shape index (κ1) is 21.0. The summed E-state index contributed by atoms with van der Waals surface area (Å²) in [7, 11) is 0. The van der Waals surface area contributed by atoms with Crippen molar-refractivity contribution in [1.82, 2.24) is 9.61 Å². The van der Waals surface area contributed by atoms with Crippen molar-refractivity contribution in [3.05, 3.63) is 130 Å². The van der Waals surface area contributed by atoms with Crippen molar-refractivity contribution in [2.75, 3.05) is 0 Å². The van der Waals surface area contributed by atoms with E-state index in [-0.39, 0.29) is 11.4 Å². The standard InChI is InChI=1S/C26H17FN4O3/c27-22-16-21(31(32)33)11-12-24(22)34-25-15-20(17-30-23(25)13-14-28-30)29-26(18-7-3-1-4-8-18)19-9-5-2-6-10-19/h1-17H. The molecule has 0 spiro atoms. The minimum atomic E-state index is -0.838. The molecule has 0 unspecified atom stereocenters. The summed E-state index contributed by atoms with van der Waals surface area (Å²) in [6, 6.07) is 26.2.